The summed E-state index contributed by atoms with van der Waals surface area (Å²) in [6.45, 7) is 1.97. The molecule has 2 rings (SSSR count). The van der Waals surface area contributed by atoms with E-state index in [1.54, 1.807) is 12.4 Å². The summed E-state index contributed by atoms with van der Waals surface area (Å²) in [5, 5.41) is 5.44. The first-order chi connectivity index (χ1) is 9.24. The number of pyridine rings is 1. The minimum atomic E-state index is -0.245. The summed E-state index contributed by atoms with van der Waals surface area (Å²) in [4.78, 5) is 15.7. The molecule has 0 aliphatic heterocycles. The third-order valence-corrected chi connectivity index (χ3v) is 3.39. The lowest BCUT2D eigenvalue weighted by Crippen LogP contribution is -2.24. The van der Waals surface area contributed by atoms with Crippen molar-refractivity contribution in [3.8, 4) is 0 Å². The topological polar surface area (TPSA) is 54.0 Å². The van der Waals surface area contributed by atoms with Crippen molar-refractivity contribution in [1.82, 2.24) is 10.3 Å². The fraction of sp³-hybridized carbons (Fsp3) is 0.467. The van der Waals surface area contributed by atoms with Crippen LogP contribution in [0.1, 0.15) is 37.7 Å². The SMILES string of the molecule is Cc1ccnc(NC(=O)N/C=C/C2CCCCC2)c1. The number of allylic oxidation sites excluding steroid dienone is 1. The number of nitrogens with one attached hydrogen (secondary N) is 2. The Balaban J connectivity index is 1.76. The molecule has 0 atom stereocenters. The first-order valence-electron chi connectivity index (χ1n) is 6.91. The highest BCUT2D eigenvalue weighted by atomic mass is 16.2. The molecule has 0 saturated heterocycles. The standard InChI is InChI=1S/C15H21N3O/c1-12-7-9-16-14(11-12)18-15(19)17-10-8-13-5-3-2-4-6-13/h7-11,13H,2-6H2,1H3,(H2,16,17,18,19)/b10-8+. The predicted octanol–water partition coefficient (Wildman–Crippen LogP) is 3.61. The van der Waals surface area contributed by atoms with Crippen LogP contribution in [0.15, 0.2) is 30.6 Å². The van der Waals surface area contributed by atoms with E-state index in [-0.39, 0.29) is 6.03 Å². The van der Waals surface area contributed by atoms with Gasteiger partial charge in [-0.1, -0.05) is 25.3 Å². The molecule has 2 amide bonds. The average Bonchev–Trinajstić information content (AvgIpc) is 2.40. The van der Waals surface area contributed by atoms with Crippen LogP contribution in [0, 0.1) is 12.8 Å². The molecule has 0 bridgehead atoms. The van der Waals surface area contributed by atoms with Crippen molar-refractivity contribution in [2.45, 2.75) is 39.0 Å². The van der Waals surface area contributed by atoms with Crippen LogP contribution in [0.25, 0.3) is 0 Å². The summed E-state index contributed by atoms with van der Waals surface area (Å²) in [6.07, 6.45) is 11.9. The van der Waals surface area contributed by atoms with Crippen LogP contribution in [0.4, 0.5) is 10.6 Å². The van der Waals surface area contributed by atoms with Gasteiger partial charge >= 0.3 is 6.03 Å². The number of carbonyl (C=O) groups is 1. The second-order valence-electron chi connectivity index (χ2n) is 5.07. The van der Waals surface area contributed by atoms with Gasteiger partial charge < -0.3 is 5.32 Å². The van der Waals surface area contributed by atoms with Gasteiger partial charge in [-0.25, -0.2) is 9.78 Å². The molecule has 102 valence electrons. The maximum Gasteiger partial charge on any atom is 0.324 e. The van der Waals surface area contributed by atoms with Crippen molar-refractivity contribution >= 4 is 11.8 Å². The molecule has 1 aromatic heterocycles. The fourth-order valence-corrected chi connectivity index (χ4v) is 2.34. The van der Waals surface area contributed by atoms with Crippen molar-refractivity contribution in [3.63, 3.8) is 0 Å². The molecule has 1 fully saturated rings. The molecule has 1 heterocycles. The van der Waals surface area contributed by atoms with Gasteiger partial charge in [0.25, 0.3) is 0 Å². The lowest BCUT2D eigenvalue weighted by molar-refractivity contribution is 0.255. The van der Waals surface area contributed by atoms with E-state index in [1.165, 1.54) is 32.1 Å². The molecule has 1 aromatic rings. The Morgan fingerprint density at radius 3 is 2.89 bits per heavy atom. The molecule has 19 heavy (non-hydrogen) atoms. The van der Waals surface area contributed by atoms with Gasteiger partial charge in [0.2, 0.25) is 0 Å². The number of rotatable bonds is 3. The monoisotopic (exact) mass is 259 g/mol. The van der Waals surface area contributed by atoms with E-state index in [0.717, 1.165) is 5.56 Å². The van der Waals surface area contributed by atoms with E-state index in [9.17, 15) is 4.79 Å². The summed E-state index contributed by atoms with van der Waals surface area (Å²) in [7, 11) is 0. The summed E-state index contributed by atoms with van der Waals surface area (Å²) in [6, 6.07) is 3.49. The number of aromatic nitrogens is 1. The molecule has 0 spiro atoms. The number of hydrogen-bond donors (Lipinski definition) is 2. The van der Waals surface area contributed by atoms with Gasteiger partial charge in [0.1, 0.15) is 5.82 Å². The Morgan fingerprint density at radius 1 is 1.37 bits per heavy atom. The molecule has 0 radical (unpaired) electrons. The fourth-order valence-electron chi connectivity index (χ4n) is 2.34. The number of hydrogen-bond acceptors (Lipinski definition) is 2. The normalized spacial score (nSPS) is 16.5. The minimum Gasteiger partial charge on any atom is -0.315 e. The van der Waals surface area contributed by atoms with Gasteiger partial charge in [-0.2, -0.15) is 0 Å². The van der Waals surface area contributed by atoms with Crippen LogP contribution in [0.5, 0.6) is 0 Å². The van der Waals surface area contributed by atoms with Crippen molar-refractivity contribution in [2.24, 2.45) is 5.92 Å². The molecule has 4 heteroatoms. The highest BCUT2D eigenvalue weighted by Gasteiger charge is 2.09. The van der Waals surface area contributed by atoms with Crippen LogP contribution in [-0.2, 0) is 0 Å². The zero-order chi connectivity index (χ0) is 13.5. The van der Waals surface area contributed by atoms with Crippen molar-refractivity contribution in [3.05, 3.63) is 36.2 Å². The maximum atomic E-state index is 11.7. The smallest absolute Gasteiger partial charge is 0.315 e. The molecule has 1 aliphatic carbocycles. The van der Waals surface area contributed by atoms with Crippen LogP contribution in [0.3, 0.4) is 0 Å². The quantitative estimate of drug-likeness (QED) is 0.871. The summed E-state index contributed by atoms with van der Waals surface area (Å²) >= 11 is 0. The van der Waals surface area contributed by atoms with Gasteiger partial charge in [0, 0.05) is 12.4 Å². The lowest BCUT2D eigenvalue weighted by Gasteiger charge is -2.17. The zero-order valence-electron chi connectivity index (χ0n) is 11.4. The van der Waals surface area contributed by atoms with Crippen LogP contribution >= 0.6 is 0 Å². The first-order valence-corrected chi connectivity index (χ1v) is 6.91. The second-order valence-corrected chi connectivity index (χ2v) is 5.07. The third kappa shape index (κ3) is 4.73. The predicted molar refractivity (Wildman–Crippen MR) is 76.8 cm³/mol. The average molecular weight is 259 g/mol. The van der Waals surface area contributed by atoms with Gasteiger partial charge in [0.15, 0.2) is 0 Å². The summed E-state index contributed by atoms with van der Waals surface area (Å²) in [5.41, 5.74) is 1.07. The summed E-state index contributed by atoms with van der Waals surface area (Å²) in [5.74, 6) is 1.19. The molecular weight excluding hydrogens is 238 g/mol. The number of anilines is 1. The highest BCUT2D eigenvalue weighted by Crippen LogP contribution is 2.24. The molecule has 0 unspecified atom stereocenters. The molecule has 0 aromatic carbocycles. The Kier molecular flexibility index (Phi) is 4.95. The maximum absolute atomic E-state index is 11.7. The zero-order valence-corrected chi connectivity index (χ0v) is 11.4. The van der Waals surface area contributed by atoms with Gasteiger partial charge in [-0.15, -0.1) is 0 Å². The largest absolute Gasteiger partial charge is 0.324 e. The van der Waals surface area contributed by atoms with E-state index in [0.29, 0.717) is 11.7 Å². The van der Waals surface area contributed by atoms with E-state index in [2.05, 4.69) is 21.7 Å². The molecule has 1 aliphatic rings. The third-order valence-electron chi connectivity index (χ3n) is 3.39. The van der Waals surface area contributed by atoms with Gasteiger partial charge in [0.05, 0.1) is 0 Å². The minimum absolute atomic E-state index is 0.245. The lowest BCUT2D eigenvalue weighted by atomic mass is 9.89. The molecule has 4 nitrogen and oxygen atoms in total. The molecule has 1 saturated carbocycles. The van der Waals surface area contributed by atoms with Crippen molar-refractivity contribution in [2.75, 3.05) is 5.32 Å². The molecule has 2 N–H and O–H groups in total. The van der Waals surface area contributed by atoms with E-state index >= 15 is 0 Å². The molecular formula is C15H21N3O. The number of carbonyl (C=O) groups excluding carboxylic acids is 1. The highest BCUT2D eigenvalue weighted by molar-refractivity contribution is 5.88. The number of nitrogens with zero attached hydrogens (tertiary/aromatic N) is 1. The van der Waals surface area contributed by atoms with E-state index < -0.39 is 0 Å². The van der Waals surface area contributed by atoms with Gasteiger partial charge in [-0.3, -0.25) is 5.32 Å². The number of aryl methyl sites for hydroxylation is 1. The van der Waals surface area contributed by atoms with Crippen LogP contribution in [0.2, 0.25) is 0 Å². The second kappa shape index (κ2) is 6.92. The Hall–Kier alpha value is -1.84. The Morgan fingerprint density at radius 2 is 2.16 bits per heavy atom. The van der Waals surface area contributed by atoms with Crippen LogP contribution < -0.4 is 10.6 Å². The Bertz CT molecular complexity index is 450. The van der Waals surface area contributed by atoms with Crippen molar-refractivity contribution in [1.29, 1.82) is 0 Å². The van der Waals surface area contributed by atoms with Gasteiger partial charge in [-0.05, 0) is 43.4 Å². The van der Waals surface area contributed by atoms with Crippen molar-refractivity contribution < 1.29 is 4.79 Å². The van der Waals surface area contributed by atoms with E-state index in [4.69, 9.17) is 0 Å². The Labute approximate surface area is 114 Å². The number of urea groups is 1. The number of amides is 2. The summed E-state index contributed by atoms with van der Waals surface area (Å²) < 4.78 is 0. The first kappa shape index (κ1) is 13.6. The van der Waals surface area contributed by atoms with E-state index in [1.807, 2.05) is 19.1 Å². The van der Waals surface area contributed by atoms with Crippen LogP contribution in [-0.4, -0.2) is 11.0 Å².